The van der Waals surface area contributed by atoms with Crippen molar-refractivity contribution in [2.45, 2.75) is 38.0 Å². The van der Waals surface area contributed by atoms with Gasteiger partial charge in [-0.05, 0) is 36.2 Å². The number of phenolic OH excluding ortho intramolecular Hbond substituents is 1. The number of allylic oxidation sites excluding steroid dienone is 1. The normalized spacial score (nSPS) is 21.3. The van der Waals surface area contributed by atoms with Gasteiger partial charge in [-0.1, -0.05) is 18.2 Å². The fourth-order valence-corrected chi connectivity index (χ4v) is 4.50. The summed E-state index contributed by atoms with van der Waals surface area (Å²) in [7, 11) is 1.71. The number of hydrogen-bond donors (Lipinski definition) is 1. The van der Waals surface area contributed by atoms with Crippen LogP contribution in [0.1, 0.15) is 24.2 Å². The highest BCUT2D eigenvalue weighted by Gasteiger charge is 2.50. The van der Waals surface area contributed by atoms with Gasteiger partial charge in [-0.2, -0.15) is 0 Å². The van der Waals surface area contributed by atoms with E-state index >= 15 is 0 Å². The van der Waals surface area contributed by atoms with Crippen molar-refractivity contribution >= 4 is 17.7 Å². The number of amides is 3. The number of carbonyl (C=O) groups excluding carboxylic acids is 3. The fraction of sp³-hybridized carbons (Fsp3) is 0.375. The van der Waals surface area contributed by atoms with Crippen LogP contribution in [0.5, 0.6) is 5.75 Å². The molecule has 0 saturated carbocycles. The summed E-state index contributed by atoms with van der Waals surface area (Å²) in [4.78, 5) is 43.0. The number of benzene rings is 1. The monoisotopic (exact) mass is 452 g/mol. The van der Waals surface area contributed by atoms with Gasteiger partial charge in [0.2, 0.25) is 17.7 Å². The Bertz CT molecular complexity index is 1020. The molecule has 2 aromatic rings. The van der Waals surface area contributed by atoms with Gasteiger partial charge >= 0.3 is 0 Å². The third-order valence-corrected chi connectivity index (χ3v) is 6.05. The standard InChI is InChI=1S/C24H28N4O5/c1-3-4-7-22(30)28-21-15-26(14-19-6-5-12-33-19)24(32)20(27(21)23(31)16-25(28)2)13-17-8-10-18(29)11-9-17/h3,5-6,8-12,20-21,29H,1,4,7,13-16H2,2H3/t20-,21-/m0/s1. The molecule has 33 heavy (non-hydrogen) atoms. The third kappa shape index (κ3) is 4.63. The summed E-state index contributed by atoms with van der Waals surface area (Å²) in [5.41, 5.74) is 0.806. The quantitative estimate of drug-likeness (QED) is 0.643. The van der Waals surface area contributed by atoms with Crippen LogP contribution in [0.3, 0.4) is 0 Å². The van der Waals surface area contributed by atoms with Crippen LogP contribution in [0.25, 0.3) is 0 Å². The lowest BCUT2D eigenvalue weighted by Crippen LogP contribution is -2.75. The number of piperazine rings is 1. The van der Waals surface area contributed by atoms with Crippen LogP contribution in [-0.2, 0) is 27.3 Å². The van der Waals surface area contributed by atoms with E-state index in [2.05, 4.69) is 6.58 Å². The zero-order valence-corrected chi connectivity index (χ0v) is 18.6. The molecule has 9 heteroatoms. The van der Waals surface area contributed by atoms with Crippen LogP contribution in [0, 0.1) is 0 Å². The Balaban J connectivity index is 1.69. The van der Waals surface area contributed by atoms with Gasteiger partial charge in [-0.25, -0.2) is 5.01 Å². The summed E-state index contributed by atoms with van der Waals surface area (Å²) < 4.78 is 5.45. The second-order valence-corrected chi connectivity index (χ2v) is 8.35. The van der Waals surface area contributed by atoms with E-state index in [1.165, 1.54) is 0 Å². The molecule has 2 atom stereocenters. The van der Waals surface area contributed by atoms with Crippen molar-refractivity contribution in [2.75, 3.05) is 20.1 Å². The van der Waals surface area contributed by atoms with Crippen LogP contribution in [0.4, 0.5) is 0 Å². The lowest BCUT2D eigenvalue weighted by Gasteiger charge is -2.54. The van der Waals surface area contributed by atoms with Crippen LogP contribution < -0.4 is 0 Å². The zero-order chi connectivity index (χ0) is 23.5. The smallest absolute Gasteiger partial charge is 0.246 e. The molecule has 2 saturated heterocycles. The summed E-state index contributed by atoms with van der Waals surface area (Å²) in [5, 5.41) is 12.8. The predicted molar refractivity (Wildman–Crippen MR) is 119 cm³/mol. The van der Waals surface area contributed by atoms with Crippen molar-refractivity contribution in [1.29, 1.82) is 0 Å². The molecule has 2 aliphatic rings. The highest BCUT2D eigenvalue weighted by atomic mass is 16.3. The molecule has 174 valence electrons. The molecule has 3 amide bonds. The Morgan fingerprint density at radius 3 is 2.67 bits per heavy atom. The number of phenols is 1. The van der Waals surface area contributed by atoms with E-state index < -0.39 is 12.2 Å². The molecule has 0 aliphatic carbocycles. The van der Waals surface area contributed by atoms with Crippen LogP contribution in [0.2, 0.25) is 0 Å². The molecule has 1 aromatic carbocycles. The zero-order valence-electron chi connectivity index (χ0n) is 18.6. The number of hydrazine groups is 1. The lowest BCUT2D eigenvalue weighted by atomic mass is 9.98. The number of hydrogen-bond acceptors (Lipinski definition) is 6. The molecule has 0 unspecified atom stereocenters. The van der Waals surface area contributed by atoms with Gasteiger partial charge in [-0.3, -0.25) is 19.4 Å². The largest absolute Gasteiger partial charge is 0.508 e. The number of carbonyl (C=O) groups is 3. The number of fused-ring (bicyclic) bond motifs is 1. The molecule has 0 radical (unpaired) electrons. The van der Waals surface area contributed by atoms with E-state index in [1.807, 2.05) is 0 Å². The molecule has 4 rings (SSSR count). The predicted octanol–water partition coefficient (Wildman–Crippen LogP) is 1.75. The Hall–Kier alpha value is -3.59. The van der Waals surface area contributed by atoms with Crippen LogP contribution in [0.15, 0.2) is 59.7 Å². The molecule has 0 spiro atoms. The average molecular weight is 453 g/mol. The molecular weight excluding hydrogens is 424 g/mol. The SMILES string of the molecule is C=CCCC(=O)N1[C@H]2CN(Cc3ccco3)C(=O)[C@H](Cc3ccc(O)cc3)N2C(=O)CN1C. The molecular formula is C24H28N4O5. The highest BCUT2D eigenvalue weighted by Crippen LogP contribution is 2.29. The maximum Gasteiger partial charge on any atom is 0.246 e. The van der Waals surface area contributed by atoms with Gasteiger partial charge in [0.25, 0.3) is 0 Å². The van der Waals surface area contributed by atoms with Gasteiger partial charge in [0.15, 0.2) is 0 Å². The first-order valence-electron chi connectivity index (χ1n) is 10.9. The molecule has 0 bridgehead atoms. The Morgan fingerprint density at radius 2 is 2.00 bits per heavy atom. The van der Waals surface area contributed by atoms with Crippen molar-refractivity contribution < 1.29 is 23.9 Å². The van der Waals surface area contributed by atoms with Crippen LogP contribution in [-0.4, -0.2) is 75.0 Å². The fourth-order valence-electron chi connectivity index (χ4n) is 4.50. The van der Waals surface area contributed by atoms with E-state index in [-0.39, 0.29) is 55.9 Å². The third-order valence-electron chi connectivity index (χ3n) is 6.05. The van der Waals surface area contributed by atoms with E-state index in [4.69, 9.17) is 4.42 Å². The molecule has 1 aromatic heterocycles. The van der Waals surface area contributed by atoms with Crippen molar-refractivity contribution in [3.05, 3.63) is 66.6 Å². The minimum absolute atomic E-state index is 0.00781. The van der Waals surface area contributed by atoms with E-state index in [1.54, 1.807) is 75.6 Å². The number of furan rings is 1. The summed E-state index contributed by atoms with van der Waals surface area (Å²) >= 11 is 0. The van der Waals surface area contributed by atoms with Crippen LogP contribution >= 0.6 is 0 Å². The first-order chi connectivity index (χ1) is 15.9. The lowest BCUT2D eigenvalue weighted by molar-refractivity contribution is -0.203. The Kier molecular flexibility index (Phi) is 6.50. The van der Waals surface area contributed by atoms with Crippen molar-refractivity contribution in [2.24, 2.45) is 0 Å². The molecule has 9 nitrogen and oxygen atoms in total. The molecule has 1 N–H and O–H groups in total. The van der Waals surface area contributed by atoms with Crippen molar-refractivity contribution in [1.82, 2.24) is 19.8 Å². The van der Waals surface area contributed by atoms with Gasteiger partial charge in [0.1, 0.15) is 23.7 Å². The van der Waals surface area contributed by atoms with Crippen molar-refractivity contribution in [3.8, 4) is 5.75 Å². The second-order valence-electron chi connectivity index (χ2n) is 8.35. The maximum atomic E-state index is 13.6. The van der Waals surface area contributed by atoms with Gasteiger partial charge in [-0.15, -0.1) is 6.58 Å². The first kappa shape index (κ1) is 22.6. The molecule has 3 heterocycles. The van der Waals surface area contributed by atoms with Gasteiger partial charge in [0.05, 0.1) is 25.9 Å². The minimum Gasteiger partial charge on any atom is -0.508 e. The summed E-state index contributed by atoms with van der Waals surface area (Å²) in [6.07, 6.45) is 3.67. The number of likely N-dealkylation sites (N-methyl/N-ethyl adjacent to an activating group) is 1. The molecule has 2 fully saturated rings. The van der Waals surface area contributed by atoms with Crippen molar-refractivity contribution in [3.63, 3.8) is 0 Å². The Morgan fingerprint density at radius 1 is 1.24 bits per heavy atom. The average Bonchev–Trinajstić information content (AvgIpc) is 3.29. The number of nitrogens with zero attached hydrogens (tertiary/aromatic N) is 4. The second kappa shape index (κ2) is 9.50. The Labute approximate surface area is 192 Å². The first-order valence-corrected chi connectivity index (χ1v) is 10.9. The topological polar surface area (TPSA) is 97.5 Å². The highest BCUT2D eigenvalue weighted by molar-refractivity contribution is 5.91. The molecule has 2 aliphatic heterocycles. The van der Waals surface area contributed by atoms with E-state index in [0.717, 1.165) is 5.56 Å². The summed E-state index contributed by atoms with van der Waals surface area (Å²) in [6, 6.07) is 9.34. The summed E-state index contributed by atoms with van der Waals surface area (Å²) in [6.45, 7) is 4.12. The van der Waals surface area contributed by atoms with E-state index in [9.17, 15) is 19.5 Å². The number of rotatable bonds is 7. The number of aromatic hydroxyl groups is 1. The minimum atomic E-state index is -0.779. The van der Waals surface area contributed by atoms with Gasteiger partial charge in [0, 0.05) is 19.9 Å². The summed E-state index contributed by atoms with van der Waals surface area (Å²) in [5.74, 6) is 0.216. The van der Waals surface area contributed by atoms with Gasteiger partial charge < -0.3 is 19.3 Å². The maximum absolute atomic E-state index is 13.6. The van der Waals surface area contributed by atoms with E-state index in [0.29, 0.717) is 12.2 Å².